The third kappa shape index (κ3) is 1.50. The van der Waals surface area contributed by atoms with Crippen LogP contribution < -0.4 is 10.5 Å². The third-order valence-corrected chi connectivity index (χ3v) is 2.26. The number of anilines is 1. The third-order valence-electron chi connectivity index (χ3n) is 1.91. The quantitative estimate of drug-likeness (QED) is 0.790. The second kappa shape index (κ2) is 3.42. The maximum Gasteiger partial charge on any atom is 0.199 e. The summed E-state index contributed by atoms with van der Waals surface area (Å²) in [5.41, 5.74) is 6.49. The van der Waals surface area contributed by atoms with Gasteiger partial charge >= 0.3 is 0 Å². The van der Waals surface area contributed by atoms with Gasteiger partial charge in [-0.25, -0.2) is 9.97 Å². The second-order valence-electron chi connectivity index (χ2n) is 2.76. The van der Waals surface area contributed by atoms with E-state index in [0.717, 1.165) is 16.7 Å². The summed E-state index contributed by atoms with van der Waals surface area (Å²) in [6.45, 7) is 0. The van der Waals surface area contributed by atoms with Crippen LogP contribution >= 0.6 is 15.9 Å². The largest absolute Gasteiger partial charge is 0.497 e. The lowest BCUT2D eigenvalue weighted by Crippen LogP contribution is -1.95. The molecule has 0 atom stereocenters. The number of halogens is 1. The number of methoxy groups -OCH3 is 1. The van der Waals surface area contributed by atoms with Crippen LogP contribution in [0.25, 0.3) is 10.9 Å². The molecule has 4 nitrogen and oxygen atoms in total. The molecule has 0 amide bonds. The van der Waals surface area contributed by atoms with Crippen LogP contribution in [0.3, 0.4) is 0 Å². The molecule has 0 unspecified atom stereocenters. The summed E-state index contributed by atoms with van der Waals surface area (Å²) in [5, 5.41) is 0.828. The normalized spacial score (nSPS) is 10.4. The number of nitrogens with zero attached hydrogens (tertiary/aromatic N) is 2. The molecule has 5 heteroatoms. The van der Waals surface area contributed by atoms with Crippen molar-refractivity contribution in [2.45, 2.75) is 0 Å². The molecule has 0 spiro atoms. The van der Waals surface area contributed by atoms with Crippen molar-refractivity contribution in [1.29, 1.82) is 0 Å². The average Bonchev–Trinajstić information content (AvgIpc) is 2.16. The van der Waals surface area contributed by atoms with E-state index < -0.39 is 0 Å². The van der Waals surface area contributed by atoms with Crippen LogP contribution in [0.1, 0.15) is 0 Å². The van der Waals surface area contributed by atoms with Crippen molar-refractivity contribution in [2.24, 2.45) is 0 Å². The second-order valence-corrected chi connectivity index (χ2v) is 3.47. The van der Waals surface area contributed by atoms with Gasteiger partial charge < -0.3 is 10.5 Å². The lowest BCUT2D eigenvalue weighted by Gasteiger charge is -2.03. The number of hydrogen-bond acceptors (Lipinski definition) is 4. The predicted octanol–water partition coefficient (Wildman–Crippen LogP) is 1.98. The van der Waals surface area contributed by atoms with Crippen LogP contribution in [0.15, 0.2) is 22.9 Å². The summed E-state index contributed by atoms with van der Waals surface area (Å²) in [5.74, 6) is 1.21. The van der Waals surface area contributed by atoms with Crippen LogP contribution in [0, 0.1) is 0 Å². The number of nitrogens with two attached hydrogens (primary N) is 1. The van der Waals surface area contributed by atoms with E-state index in [1.165, 1.54) is 0 Å². The Hall–Kier alpha value is -1.36. The van der Waals surface area contributed by atoms with Crippen molar-refractivity contribution >= 4 is 32.7 Å². The van der Waals surface area contributed by atoms with Crippen molar-refractivity contribution in [3.8, 4) is 5.75 Å². The van der Waals surface area contributed by atoms with Gasteiger partial charge in [0.1, 0.15) is 11.6 Å². The first-order chi connectivity index (χ1) is 6.70. The maximum absolute atomic E-state index is 5.73. The van der Waals surface area contributed by atoms with Gasteiger partial charge in [-0.1, -0.05) is 0 Å². The van der Waals surface area contributed by atoms with Crippen molar-refractivity contribution in [2.75, 3.05) is 12.8 Å². The van der Waals surface area contributed by atoms with Gasteiger partial charge in [0.25, 0.3) is 0 Å². The van der Waals surface area contributed by atoms with Gasteiger partial charge in [0.05, 0.1) is 12.6 Å². The standard InChI is InChI=1S/C9H8BrN3O/c1-14-5-2-3-6-7(4-5)12-9(10)13-8(6)11/h2-4H,1H3,(H2,11,12,13). The Balaban J connectivity index is 2.75. The fourth-order valence-corrected chi connectivity index (χ4v) is 1.61. The van der Waals surface area contributed by atoms with Crippen LogP contribution in [0.2, 0.25) is 0 Å². The molecule has 1 aromatic heterocycles. The summed E-state index contributed by atoms with van der Waals surface area (Å²) in [4.78, 5) is 8.19. The highest BCUT2D eigenvalue weighted by molar-refractivity contribution is 9.10. The number of benzene rings is 1. The number of nitrogen functional groups attached to an aromatic ring is 1. The van der Waals surface area contributed by atoms with E-state index in [0.29, 0.717) is 10.6 Å². The Bertz CT molecular complexity index is 487. The lowest BCUT2D eigenvalue weighted by atomic mass is 10.2. The Morgan fingerprint density at radius 1 is 1.36 bits per heavy atom. The molecule has 72 valence electrons. The first-order valence-electron chi connectivity index (χ1n) is 3.97. The number of aromatic nitrogens is 2. The monoisotopic (exact) mass is 253 g/mol. The van der Waals surface area contributed by atoms with Gasteiger partial charge in [-0.15, -0.1) is 0 Å². The molecule has 0 saturated heterocycles. The Morgan fingerprint density at radius 3 is 2.86 bits per heavy atom. The highest BCUT2D eigenvalue weighted by atomic mass is 79.9. The van der Waals surface area contributed by atoms with Crippen molar-refractivity contribution in [3.05, 3.63) is 22.9 Å². The molecule has 0 aliphatic heterocycles. The molecule has 2 aromatic rings. The van der Waals surface area contributed by atoms with Crippen LogP contribution in [-0.4, -0.2) is 17.1 Å². The molecule has 0 radical (unpaired) electrons. The zero-order valence-electron chi connectivity index (χ0n) is 7.49. The van der Waals surface area contributed by atoms with Crippen LogP contribution in [0.4, 0.5) is 5.82 Å². The fraction of sp³-hybridized carbons (Fsp3) is 0.111. The molecule has 0 bridgehead atoms. The number of rotatable bonds is 1. The number of ether oxygens (including phenoxy) is 1. The lowest BCUT2D eigenvalue weighted by molar-refractivity contribution is 0.415. The molecule has 0 saturated carbocycles. The molecule has 0 aliphatic rings. The molecule has 1 heterocycles. The van der Waals surface area contributed by atoms with E-state index in [-0.39, 0.29) is 0 Å². The van der Waals surface area contributed by atoms with Gasteiger partial charge in [-0.05, 0) is 28.1 Å². The summed E-state index contributed by atoms with van der Waals surface area (Å²) in [6, 6.07) is 5.49. The van der Waals surface area contributed by atoms with Gasteiger partial charge in [0, 0.05) is 11.5 Å². The van der Waals surface area contributed by atoms with Crippen LogP contribution in [-0.2, 0) is 0 Å². The van der Waals surface area contributed by atoms with Crippen molar-refractivity contribution < 1.29 is 4.74 Å². The van der Waals surface area contributed by atoms with E-state index >= 15 is 0 Å². The minimum Gasteiger partial charge on any atom is -0.497 e. The Labute approximate surface area is 89.2 Å². The minimum atomic E-state index is 0.463. The minimum absolute atomic E-state index is 0.463. The van der Waals surface area contributed by atoms with Crippen molar-refractivity contribution in [3.63, 3.8) is 0 Å². The zero-order chi connectivity index (χ0) is 10.1. The Kier molecular flexibility index (Phi) is 2.25. The van der Waals surface area contributed by atoms with E-state index in [1.54, 1.807) is 7.11 Å². The molecule has 2 rings (SSSR count). The molecule has 0 fully saturated rings. The number of fused-ring (bicyclic) bond motifs is 1. The zero-order valence-corrected chi connectivity index (χ0v) is 9.08. The summed E-state index contributed by atoms with van der Waals surface area (Å²) in [6.07, 6.45) is 0. The molecule has 2 N–H and O–H groups in total. The molecule has 14 heavy (non-hydrogen) atoms. The first kappa shape index (κ1) is 9.21. The summed E-state index contributed by atoms with van der Waals surface area (Å²) < 4.78 is 5.57. The van der Waals surface area contributed by atoms with Crippen molar-refractivity contribution in [1.82, 2.24) is 9.97 Å². The fourth-order valence-electron chi connectivity index (χ4n) is 1.23. The smallest absolute Gasteiger partial charge is 0.199 e. The highest BCUT2D eigenvalue weighted by Gasteiger charge is 2.04. The topological polar surface area (TPSA) is 61.0 Å². The molecule has 0 aliphatic carbocycles. The van der Waals surface area contributed by atoms with E-state index in [4.69, 9.17) is 10.5 Å². The van der Waals surface area contributed by atoms with Gasteiger partial charge in [-0.3, -0.25) is 0 Å². The van der Waals surface area contributed by atoms with E-state index in [9.17, 15) is 0 Å². The highest BCUT2D eigenvalue weighted by Crippen LogP contribution is 2.23. The molecular formula is C9H8BrN3O. The Morgan fingerprint density at radius 2 is 2.14 bits per heavy atom. The van der Waals surface area contributed by atoms with Crippen LogP contribution in [0.5, 0.6) is 5.75 Å². The molecular weight excluding hydrogens is 246 g/mol. The SMILES string of the molecule is COc1ccc2c(N)nc(Br)nc2c1. The summed E-state index contributed by atoms with van der Waals surface area (Å²) in [7, 11) is 1.61. The summed E-state index contributed by atoms with van der Waals surface area (Å²) >= 11 is 3.19. The number of hydrogen-bond donors (Lipinski definition) is 1. The van der Waals surface area contributed by atoms with Gasteiger partial charge in [0.15, 0.2) is 4.73 Å². The molecule has 1 aromatic carbocycles. The average molecular weight is 254 g/mol. The van der Waals surface area contributed by atoms with Gasteiger partial charge in [-0.2, -0.15) is 0 Å². The first-order valence-corrected chi connectivity index (χ1v) is 4.77. The predicted molar refractivity (Wildman–Crippen MR) is 58.2 cm³/mol. The van der Waals surface area contributed by atoms with E-state index in [1.807, 2.05) is 18.2 Å². The van der Waals surface area contributed by atoms with E-state index in [2.05, 4.69) is 25.9 Å². The van der Waals surface area contributed by atoms with Gasteiger partial charge in [0.2, 0.25) is 0 Å². The maximum atomic E-state index is 5.73.